The topological polar surface area (TPSA) is 65.2 Å². The third-order valence-electron chi connectivity index (χ3n) is 2.58. The van der Waals surface area contributed by atoms with Crippen molar-refractivity contribution in [1.82, 2.24) is 4.98 Å². The van der Waals surface area contributed by atoms with Crippen LogP contribution in [0.5, 0.6) is 5.88 Å². The Morgan fingerprint density at radius 2 is 2.10 bits per heavy atom. The fourth-order valence-corrected chi connectivity index (χ4v) is 2.29. The van der Waals surface area contributed by atoms with Gasteiger partial charge in [0.25, 0.3) is 5.91 Å². The lowest BCUT2D eigenvalue weighted by atomic mass is 10.2. The Morgan fingerprint density at radius 1 is 1.33 bits per heavy atom. The predicted molar refractivity (Wildman–Crippen MR) is 71.3 cm³/mol. The molecule has 21 heavy (non-hydrogen) atoms. The average Bonchev–Trinajstić information content (AvgIpc) is 2.90. The van der Waals surface area contributed by atoms with Crippen LogP contribution in [0.15, 0.2) is 29.6 Å². The van der Waals surface area contributed by atoms with Gasteiger partial charge in [-0.3, -0.25) is 4.79 Å². The summed E-state index contributed by atoms with van der Waals surface area (Å²) in [5, 5.41) is 1.88. The summed E-state index contributed by atoms with van der Waals surface area (Å²) in [6.07, 6.45) is -4.10. The highest BCUT2D eigenvalue weighted by Gasteiger charge is 2.33. The molecule has 0 saturated carbocycles. The fraction of sp³-hybridized carbons (Fsp3) is 0.231. The molecule has 0 atom stereocenters. The molecule has 0 bridgehead atoms. The number of pyridine rings is 1. The van der Waals surface area contributed by atoms with Gasteiger partial charge in [0.1, 0.15) is 11.3 Å². The van der Waals surface area contributed by atoms with Gasteiger partial charge in [0, 0.05) is 11.3 Å². The molecule has 1 amide bonds. The van der Waals surface area contributed by atoms with Crippen molar-refractivity contribution < 1.29 is 22.7 Å². The van der Waals surface area contributed by atoms with Gasteiger partial charge in [-0.25, -0.2) is 4.98 Å². The molecule has 112 valence electrons. The molecule has 8 heteroatoms. The number of hydrogen-bond acceptors (Lipinski definition) is 4. The standard InChI is InChI=1S/C13H11F3N2O2S/c14-13(15,16)10-4-3-9(11(17)19)12(18-10)20-6-5-8-2-1-7-21-8/h1-4,7H,5-6H2,(H2,17,19). The first kappa shape index (κ1) is 15.3. The van der Waals surface area contributed by atoms with E-state index in [1.807, 2.05) is 17.5 Å². The molecule has 0 aliphatic rings. The van der Waals surface area contributed by atoms with Gasteiger partial charge >= 0.3 is 6.18 Å². The van der Waals surface area contributed by atoms with E-state index in [9.17, 15) is 18.0 Å². The number of ether oxygens (including phenoxy) is 1. The monoisotopic (exact) mass is 316 g/mol. The predicted octanol–water partition coefficient (Wildman–Crippen LogP) is 2.88. The van der Waals surface area contributed by atoms with Crippen LogP contribution < -0.4 is 10.5 Å². The second-order valence-electron chi connectivity index (χ2n) is 4.09. The van der Waals surface area contributed by atoms with Gasteiger partial charge in [-0.2, -0.15) is 13.2 Å². The average molecular weight is 316 g/mol. The quantitative estimate of drug-likeness (QED) is 0.922. The number of nitrogens with two attached hydrogens (primary N) is 1. The number of thiophene rings is 1. The summed E-state index contributed by atoms with van der Waals surface area (Å²) in [5.41, 5.74) is 3.80. The van der Waals surface area contributed by atoms with Gasteiger partial charge < -0.3 is 10.5 Å². The minimum absolute atomic E-state index is 0.106. The van der Waals surface area contributed by atoms with Gasteiger partial charge in [-0.15, -0.1) is 11.3 Å². The number of primary amides is 1. The van der Waals surface area contributed by atoms with Crippen molar-refractivity contribution in [3.63, 3.8) is 0 Å². The van der Waals surface area contributed by atoms with E-state index in [0.29, 0.717) is 12.5 Å². The number of aromatic nitrogens is 1. The van der Waals surface area contributed by atoms with E-state index in [1.54, 1.807) is 0 Å². The summed E-state index contributed by atoms with van der Waals surface area (Å²) in [6, 6.07) is 5.41. The van der Waals surface area contributed by atoms with E-state index in [0.717, 1.165) is 10.9 Å². The third-order valence-corrected chi connectivity index (χ3v) is 3.52. The second kappa shape index (κ2) is 6.13. The van der Waals surface area contributed by atoms with Crippen LogP contribution in [0.1, 0.15) is 20.9 Å². The molecule has 0 radical (unpaired) electrons. The number of amides is 1. The number of carbonyl (C=O) groups excluding carboxylic acids is 1. The molecule has 0 aliphatic carbocycles. The molecule has 0 saturated heterocycles. The van der Waals surface area contributed by atoms with Crippen LogP contribution in [0.25, 0.3) is 0 Å². The smallest absolute Gasteiger partial charge is 0.433 e. The first-order valence-corrected chi connectivity index (χ1v) is 6.79. The van der Waals surface area contributed by atoms with Gasteiger partial charge in [-0.1, -0.05) is 6.07 Å². The van der Waals surface area contributed by atoms with Crippen LogP contribution in [0, 0.1) is 0 Å². The summed E-state index contributed by atoms with van der Waals surface area (Å²) < 4.78 is 43.0. The van der Waals surface area contributed by atoms with Crippen LogP contribution in [-0.2, 0) is 12.6 Å². The molecule has 2 N–H and O–H groups in total. The molecule has 2 aromatic heterocycles. The molecule has 0 aliphatic heterocycles. The lowest BCUT2D eigenvalue weighted by Crippen LogP contribution is -2.17. The summed E-state index contributed by atoms with van der Waals surface area (Å²) in [6.45, 7) is 0.106. The van der Waals surface area contributed by atoms with E-state index >= 15 is 0 Å². The molecule has 2 heterocycles. The highest BCUT2D eigenvalue weighted by atomic mass is 32.1. The summed E-state index contributed by atoms with van der Waals surface area (Å²) in [4.78, 5) is 15.6. The van der Waals surface area contributed by atoms with Crippen LogP contribution in [0.2, 0.25) is 0 Å². The van der Waals surface area contributed by atoms with Gasteiger partial charge in [0.05, 0.1) is 6.61 Å². The molecule has 0 spiro atoms. The number of alkyl halides is 3. The van der Waals surface area contributed by atoms with E-state index in [2.05, 4.69) is 4.98 Å². The highest BCUT2D eigenvalue weighted by molar-refractivity contribution is 7.09. The zero-order valence-corrected chi connectivity index (χ0v) is 11.5. The minimum atomic E-state index is -4.61. The number of hydrogen-bond donors (Lipinski definition) is 1. The van der Waals surface area contributed by atoms with Gasteiger partial charge in [-0.05, 0) is 23.6 Å². The van der Waals surface area contributed by atoms with Crippen LogP contribution >= 0.6 is 11.3 Å². The molecular weight excluding hydrogens is 305 g/mol. The van der Waals surface area contributed by atoms with Crippen molar-refractivity contribution in [2.45, 2.75) is 12.6 Å². The zero-order valence-electron chi connectivity index (χ0n) is 10.7. The van der Waals surface area contributed by atoms with Crippen molar-refractivity contribution in [3.8, 4) is 5.88 Å². The summed E-state index contributed by atoms with van der Waals surface area (Å²) in [5.74, 6) is -1.28. The van der Waals surface area contributed by atoms with Crippen LogP contribution in [0.4, 0.5) is 13.2 Å². The summed E-state index contributed by atoms with van der Waals surface area (Å²) >= 11 is 1.50. The van der Waals surface area contributed by atoms with Crippen LogP contribution in [0.3, 0.4) is 0 Å². The SMILES string of the molecule is NC(=O)c1ccc(C(F)(F)F)nc1OCCc1cccs1. The van der Waals surface area contributed by atoms with Gasteiger partial charge in [0.2, 0.25) is 5.88 Å². The number of halogens is 3. The lowest BCUT2D eigenvalue weighted by Gasteiger charge is -2.11. The number of nitrogens with zero attached hydrogens (tertiary/aromatic N) is 1. The second-order valence-corrected chi connectivity index (χ2v) is 5.12. The normalized spacial score (nSPS) is 11.4. The Labute approximate surface area is 122 Å². The minimum Gasteiger partial charge on any atom is -0.477 e. The Kier molecular flexibility index (Phi) is 4.46. The van der Waals surface area contributed by atoms with E-state index < -0.39 is 23.7 Å². The van der Waals surface area contributed by atoms with Crippen LogP contribution in [-0.4, -0.2) is 17.5 Å². The molecular formula is C13H11F3N2O2S. The van der Waals surface area contributed by atoms with E-state index in [-0.39, 0.29) is 12.2 Å². The highest BCUT2D eigenvalue weighted by Crippen LogP contribution is 2.30. The third kappa shape index (κ3) is 3.94. The van der Waals surface area contributed by atoms with Crippen molar-refractivity contribution in [3.05, 3.63) is 45.8 Å². The first-order chi connectivity index (χ1) is 9.88. The number of carbonyl (C=O) groups is 1. The maximum absolute atomic E-state index is 12.6. The Balaban J connectivity index is 2.16. The molecule has 0 aromatic carbocycles. The maximum atomic E-state index is 12.6. The van der Waals surface area contributed by atoms with Gasteiger partial charge in [0.15, 0.2) is 0 Å². The van der Waals surface area contributed by atoms with Crippen molar-refractivity contribution in [1.29, 1.82) is 0 Å². The molecule has 4 nitrogen and oxygen atoms in total. The molecule has 0 fully saturated rings. The van der Waals surface area contributed by atoms with Crippen molar-refractivity contribution in [2.75, 3.05) is 6.61 Å². The largest absolute Gasteiger partial charge is 0.477 e. The summed E-state index contributed by atoms with van der Waals surface area (Å²) in [7, 11) is 0. The van der Waals surface area contributed by atoms with E-state index in [4.69, 9.17) is 10.5 Å². The maximum Gasteiger partial charge on any atom is 0.433 e. The Morgan fingerprint density at radius 3 is 2.67 bits per heavy atom. The zero-order chi connectivity index (χ0) is 15.5. The number of rotatable bonds is 5. The molecule has 2 rings (SSSR count). The Hall–Kier alpha value is -2.09. The fourth-order valence-electron chi connectivity index (χ4n) is 1.60. The van der Waals surface area contributed by atoms with Crippen molar-refractivity contribution >= 4 is 17.2 Å². The Bertz CT molecular complexity index is 627. The molecule has 2 aromatic rings. The van der Waals surface area contributed by atoms with Crippen molar-refractivity contribution in [2.24, 2.45) is 5.73 Å². The lowest BCUT2D eigenvalue weighted by molar-refractivity contribution is -0.141. The molecule has 0 unspecified atom stereocenters. The first-order valence-electron chi connectivity index (χ1n) is 5.91. The van der Waals surface area contributed by atoms with E-state index in [1.165, 1.54) is 11.3 Å².